The molecule has 20 heavy (non-hydrogen) atoms. The van der Waals surface area contributed by atoms with Crippen LogP contribution in [-0.4, -0.2) is 30.6 Å². The molecule has 3 aromatic rings. The minimum absolute atomic E-state index is 0.503. The number of rotatable bonds is 3. The maximum atomic E-state index is 10.5. The highest BCUT2D eigenvalue weighted by Crippen LogP contribution is 2.22. The molecule has 0 amide bonds. The molecule has 0 bridgehead atoms. The summed E-state index contributed by atoms with van der Waals surface area (Å²) in [5.74, 6) is -0.499. The number of nitrogens with one attached hydrogen (secondary N) is 1. The number of fused-ring (bicyclic) bond motifs is 1. The van der Waals surface area contributed by atoms with Crippen molar-refractivity contribution in [2.75, 3.05) is 0 Å². The molecule has 0 unspecified atom stereocenters. The molecule has 0 atom stereocenters. The quantitative estimate of drug-likeness (QED) is 0.712. The average molecular weight is 268 g/mol. The number of benzene rings is 1. The third-order valence-electron chi connectivity index (χ3n) is 3.02. The Balaban J connectivity index is 1.96. The van der Waals surface area contributed by atoms with Crippen LogP contribution in [0.1, 0.15) is 5.82 Å². The molecule has 2 heterocycles. The van der Waals surface area contributed by atoms with E-state index in [9.17, 15) is 4.79 Å². The molecule has 3 rings (SSSR count). The number of H-pyrrole nitrogens is 1. The lowest BCUT2D eigenvalue weighted by Crippen LogP contribution is -1.86. The Labute approximate surface area is 114 Å². The molecular formula is C14H12N4O2. The maximum absolute atomic E-state index is 10.5. The van der Waals surface area contributed by atoms with Crippen molar-refractivity contribution in [3.8, 4) is 11.3 Å². The van der Waals surface area contributed by atoms with Crippen LogP contribution >= 0.6 is 0 Å². The van der Waals surface area contributed by atoms with Gasteiger partial charge in [0.05, 0.1) is 29.3 Å². The number of hydrogen-bond acceptors (Lipinski definition) is 3. The van der Waals surface area contributed by atoms with Crippen LogP contribution < -0.4 is 0 Å². The number of aryl methyl sites for hydroxylation is 1. The fourth-order valence-corrected chi connectivity index (χ4v) is 2.02. The van der Waals surface area contributed by atoms with Gasteiger partial charge in [-0.15, -0.1) is 0 Å². The third-order valence-corrected chi connectivity index (χ3v) is 3.02. The Morgan fingerprint density at radius 1 is 1.40 bits per heavy atom. The van der Waals surface area contributed by atoms with Gasteiger partial charge in [-0.2, -0.15) is 0 Å². The molecule has 1 aromatic carbocycles. The fraction of sp³-hybridized carbons (Fsp3) is 0.0714. The van der Waals surface area contributed by atoms with Gasteiger partial charge in [0, 0.05) is 18.7 Å². The van der Waals surface area contributed by atoms with Crippen molar-refractivity contribution in [3.63, 3.8) is 0 Å². The van der Waals surface area contributed by atoms with Crippen LogP contribution in [0.4, 0.5) is 0 Å². The molecule has 100 valence electrons. The van der Waals surface area contributed by atoms with Gasteiger partial charge in [0.15, 0.2) is 0 Å². The summed E-state index contributed by atoms with van der Waals surface area (Å²) in [4.78, 5) is 21.9. The number of aliphatic carboxylic acids is 1. The first-order valence-electron chi connectivity index (χ1n) is 6.01. The van der Waals surface area contributed by atoms with Gasteiger partial charge in [0.25, 0.3) is 0 Å². The van der Waals surface area contributed by atoms with E-state index in [2.05, 4.69) is 15.0 Å². The second-order valence-corrected chi connectivity index (χ2v) is 4.41. The summed E-state index contributed by atoms with van der Waals surface area (Å²) < 4.78 is 1.95. The van der Waals surface area contributed by atoms with Crippen molar-refractivity contribution in [2.45, 2.75) is 0 Å². The molecule has 0 aliphatic carbocycles. The van der Waals surface area contributed by atoms with Crippen LogP contribution in [-0.2, 0) is 11.8 Å². The number of aromatic nitrogens is 4. The highest BCUT2D eigenvalue weighted by atomic mass is 16.4. The van der Waals surface area contributed by atoms with Crippen LogP contribution in [0.15, 0.2) is 36.8 Å². The molecule has 2 N–H and O–H groups in total. The van der Waals surface area contributed by atoms with Gasteiger partial charge in [0.1, 0.15) is 5.82 Å². The predicted octanol–water partition coefficient (Wildman–Crippen LogP) is 2.06. The highest BCUT2D eigenvalue weighted by molar-refractivity contribution is 5.85. The van der Waals surface area contributed by atoms with E-state index in [1.165, 1.54) is 6.08 Å². The molecule has 0 aliphatic heterocycles. The maximum Gasteiger partial charge on any atom is 0.328 e. The lowest BCUT2D eigenvalue weighted by molar-refractivity contribution is -0.131. The summed E-state index contributed by atoms with van der Waals surface area (Å²) in [5.41, 5.74) is 3.74. The third kappa shape index (κ3) is 2.18. The molecule has 0 radical (unpaired) electrons. The van der Waals surface area contributed by atoms with Gasteiger partial charge >= 0.3 is 5.97 Å². The molecule has 0 fully saturated rings. The molecular weight excluding hydrogens is 256 g/mol. The number of nitrogens with zero attached hydrogens (tertiary/aromatic N) is 3. The first-order chi connectivity index (χ1) is 9.63. The lowest BCUT2D eigenvalue weighted by atomic mass is 10.1. The monoisotopic (exact) mass is 268 g/mol. The SMILES string of the molecule is Cn1cnc2cc(-c3cnc(/C=C/C(=O)O)[nH]3)ccc21. The van der Waals surface area contributed by atoms with E-state index in [1.807, 2.05) is 29.8 Å². The zero-order valence-electron chi connectivity index (χ0n) is 10.7. The van der Waals surface area contributed by atoms with Crippen LogP contribution in [0.2, 0.25) is 0 Å². The number of imidazole rings is 2. The summed E-state index contributed by atoms with van der Waals surface area (Å²) >= 11 is 0. The predicted molar refractivity (Wildman–Crippen MR) is 75.0 cm³/mol. The first kappa shape index (κ1) is 12.2. The number of aromatic amines is 1. The zero-order chi connectivity index (χ0) is 14.1. The molecule has 0 saturated carbocycles. The standard InChI is InChI=1S/C14H12N4O2/c1-18-8-16-10-6-9(2-3-12(10)18)11-7-15-13(17-11)4-5-14(19)20/h2-8H,1H3,(H,15,17)(H,19,20)/b5-4+. The van der Waals surface area contributed by atoms with Crippen molar-refractivity contribution in [1.82, 2.24) is 19.5 Å². The fourth-order valence-electron chi connectivity index (χ4n) is 2.02. The van der Waals surface area contributed by atoms with Crippen molar-refractivity contribution < 1.29 is 9.90 Å². The molecule has 0 saturated heterocycles. The van der Waals surface area contributed by atoms with Crippen molar-refractivity contribution in [1.29, 1.82) is 0 Å². The summed E-state index contributed by atoms with van der Waals surface area (Å²) in [5, 5.41) is 8.58. The minimum atomic E-state index is -1.00. The molecule has 0 aliphatic rings. The highest BCUT2D eigenvalue weighted by Gasteiger charge is 2.05. The summed E-state index contributed by atoms with van der Waals surface area (Å²) in [6.45, 7) is 0. The van der Waals surface area contributed by atoms with Crippen LogP contribution in [0, 0.1) is 0 Å². The topological polar surface area (TPSA) is 83.8 Å². The zero-order valence-corrected chi connectivity index (χ0v) is 10.7. The van der Waals surface area contributed by atoms with Crippen molar-refractivity contribution in [3.05, 3.63) is 42.6 Å². The summed E-state index contributed by atoms with van der Waals surface area (Å²) in [6.07, 6.45) is 5.91. The normalized spacial score (nSPS) is 11.4. The van der Waals surface area contributed by atoms with E-state index in [4.69, 9.17) is 5.11 Å². The Hall–Kier alpha value is -2.89. The number of carboxylic acids is 1. The molecule has 0 spiro atoms. The second kappa shape index (κ2) is 4.65. The Morgan fingerprint density at radius 3 is 3.05 bits per heavy atom. The Bertz CT molecular complexity index is 814. The van der Waals surface area contributed by atoms with E-state index in [1.54, 1.807) is 12.5 Å². The number of hydrogen-bond donors (Lipinski definition) is 2. The van der Waals surface area contributed by atoms with E-state index in [0.717, 1.165) is 28.4 Å². The van der Waals surface area contributed by atoms with E-state index in [-0.39, 0.29) is 0 Å². The average Bonchev–Trinajstić information content (AvgIpc) is 3.04. The Kier molecular flexibility index (Phi) is 2.83. The number of carboxylic acid groups (broad SMARTS) is 1. The van der Waals surface area contributed by atoms with Gasteiger partial charge < -0.3 is 14.7 Å². The van der Waals surface area contributed by atoms with Crippen LogP contribution in [0.5, 0.6) is 0 Å². The first-order valence-corrected chi connectivity index (χ1v) is 6.01. The summed E-state index contributed by atoms with van der Waals surface area (Å²) in [6, 6.07) is 5.93. The smallest absolute Gasteiger partial charge is 0.328 e. The Morgan fingerprint density at radius 2 is 2.25 bits per heavy atom. The molecule has 2 aromatic heterocycles. The molecule has 6 nitrogen and oxygen atoms in total. The summed E-state index contributed by atoms with van der Waals surface area (Å²) in [7, 11) is 1.94. The van der Waals surface area contributed by atoms with E-state index in [0.29, 0.717) is 5.82 Å². The van der Waals surface area contributed by atoms with E-state index >= 15 is 0 Å². The largest absolute Gasteiger partial charge is 0.478 e. The van der Waals surface area contributed by atoms with Gasteiger partial charge in [0.2, 0.25) is 0 Å². The van der Waals surface area contributed by atoms with E-state index < -0.39 is 5.97 Å². The second-order valence-electron chi connectivity index (χ2n) is 4.41. The minimum Gasteiger partial charge on any atom is -0.478 e. The van der Waals surface area contributed by atoms with Crippen LogP contribution in [0.3, 0.4) is 0 Å². The number of carbonyl (C=O) groups is 1. The van der Waals surface area contributed by atoms with Gasteiger partial charge in [-0.1, -0.05) is 6.07 Å². The van der Waals surface area contributed by atoms with Crippen LogP contribution in [0.25, 0.3) is 28.4 Å². The van der Waals surface area contributed by atoms with Gasteiger partial charge in [-0.05, 0) is 18.2 Å². The van der Waals surface area contributed by atoms with Gasteiger partial charge in [-0.3, -0.25) is 0 Å². The van der Waals surface area contributed by atoms with Gasteiger partial charge in [-0.25, -0.2) is 14.8 Å². The molecule has 6 heteroatoms. The van der Waals surface area contributed by atoms with Crippen molar-refractivity contribution in [2.24, 2.45) is 7.05 Å². The van der Waals surface area contributed by atoms with Crippen molar-refractivity contribution >= 4 is 23.1 Å². The lowest BCUT2D eigenvalue weighted by Gasteiger charge is -1.98.